The third-order valence-electron chi connectivity index (χ3n) is 3.85. The Balaban J connectivity index is 5.45. The van der Waals surface area contributed by atoms with E-state index in [4.69, 9.17) is 21.7 Å². The molecule has 0 rings (SSSR count). The number of hydrogen-bond acceptors (Lipinski definition) is 7. The minimum atomic E-state index is -1.74. The van der Waals surface area contributed by atoms with Gasteiger partial charge >= 0.3 is 11.9 Å². The summed E-state index contributed by atoms with van der Waals surface area (Å²) in [6.45, 7) is 3.24. The van der Waals surface area contributed by atoms with Crippen LogP contribution in [0.15, 0.2) is 0 Å². The molecule has 0 spiro atoms. The molecule has 0 fully saturated rings. The van der Waals surface area contributed by atoms with E-state index in [1.54, 1.807) is 13.8 Å². The molecule has 4 amide bonds. The maximum atomic E-state index is 12.6. The Kier molecular flexibility index (Phi) is 11.7. The number of primary amides is 1. The van der Waals surface area contributed by atoms with Crippen molar-refractivity contribution < 1.29 is 39.0 Å². The molecule has 0 aromatic rings. The average molecular weight is 431 g/mol. The molecule has 0 radical (unpaired) electrons. The lowest BCUT2D eigenvalue weighted by Crippen LogP contribution is -2.56. The van der Waals surface area contributed by atoms with Crippen LogP contribution in [0, 0.1) is 5.92 Å². The minimum Gasteiger partial charge on any atom is -0.481 e. The van der Waals surface area contributed by atoms with Gasteiger partial charge in [0.15, 0.2) is 0 Å². The molecule has 0 saturated heterocycles. The summed E-state index contributed by atoms with van der Waals surface area (Å²) < 4.78 is 0. The second-order valence-electron chi connectivity index (χ2n) is 7.02. The van der Waals surface area contributed by atoms with Crippen LogP contribution in [-0.4, -0.2) is 70.5 Å². The van der Waals surface area contributed by atoms with Crippen LogP contribution in [0.5, 0.6) is 0 Å². The summed E-state index contributed by atoms with van der Waals surface area (Å²) >= 11 is 0. The first-order valence-electron chi connectivity index (χ1n) is 9.20. The number of amides is 4. The maximum absolute atomic E-state index is 12.6. The number of rotatable bonds is 14. The van der Waals surface area contributed by atoms with Crippen LogP contribution >= 0.6 is 0 Å². The van der Waals surface area contributed by atoms with E-state index in [1.807, 2.05) is 5.32 Å². The van der Waals surface area contributed by atoms with Crippen molar-refractivity contribution in [1.29, 1.82) is 0 Å². The molecule has 0 saturated carbocycles. The fraction of sp³-hybridized carbons (Fsp3) is 0.647. The molecule has 9 N–H and O–H groups in total. The summed E-state index contributed by atoms with van der Waals surface area (Å²) in [5.74, 6) is -6.17. The molecule has 0 aliphatic heterocycles. The smallest absolute Gasteiger partial charge is 0.326 e. The van der Waals surface area contributed by atoms with E-state index in [0.717, 1.165) is 0 Å². The Labute approximate surface area is 172 Å². The van der Waals surface area contributed by atoms with Gasteiger partial charge in [0, 0.05) is 6.42 Å². The van der Waals surface area contributed by atoms with E-state index in [1.165, 1.54) is 0 Å². The van der Waals surface area contributed by atoms with E-state index in [9.17, 15) is 28.8 Å². The highest BCUT2D eigenvalue weighted by Gasteiger charge is 2.30. The number of carboxylic acid groups (broad SMARTS) is 2. The third-order valence-corrected chi connectivity index (χ3v) is 3.85. The number of carbonyl (C=O) groups excluding carboxylic acids is 4. The zero-order chi connectivity index (χ0) is 23.4. The topological polar surface area (TPSA) is 231 Å². The van der Waals surface area contributed by atoms with Crippen LogP contribution in [0.25, 0.3) is 0 Å². The van der Waals surface area contributed by atoms with Gasteiger partial charge in [-0.3, -0.25) is 24.0 Å². The number of aliphatic carboxylic acids is 2. The van der Waals surface area contributed by atoms with E-state index < -0.39 is 60.1 Å². The van der Waals surface area contributed by atoms with Crippen molar-refractivity contribution in [2.45, 2.75) is 57.7 Å². The molecular formula is C17H29N5O8. The van der Waals surface area contributed by atoms with E-state index in [-0.39, 0.29) is 31.7 Å². The number of nitrogens with two attached hydrogens (primary N) is 2. The number of hydrogen-bond donors (Lipinski definition) is 7. The number of carboxylic acids is 2. The summed E-state index contributed by atoms with van der Waals surface area (Å²) in [7, 11) is 0. The Morgan fingerprint density at radius 1 is 0.867 bits per heavy atom. The van der Waals surface area contributed by atoms with Gasteiger partial charge in [0.2, 0.25) is 23.6 Å². The van der Waals surface area contributed by atoms with Gasteiger partial charge in [-0.1, -0.05) is 13.8 Å². The highest BCUT2D eigenvalue weighted by Crippen LogP contribution is 2.07. The summed E-state index contributed by atoms with van der Waals surface area (Å²) in [4.78, 5) is 69.7. The zero-order valence-corrected chi connectivity index (χ0v) is 16.8. The monoisotopic (exact) mass is 431 g/mol. The van der Waals surface area contributed by atoms with Crippen LogP contribution in [0.1, 0.15) is 39.5 Å². The molecular weight excluding hydrogens is 402 g/mol. The van der Waals surface area contributed by atoms with Crippen molar-refractivity contribution in [1.82, 2.24) is 16.0 Å². The van der Waals surface area contributed by atoms with Crippen LogP contribution in [0.3, 0.4) is 0 Å². The van der Waals surface area contributed by atoms with Crippen molar-refractivity contribution in [3.8, 4) is 0 Å². The van der Waals surface area contributed by atoms with Crippen LogP contribution in [0.2, 0.25) is 0 Å². The van der Waals surface area contributed by atoms with Crippen LogP contribution in [-0.2, 0) is 28.8 Å². The first-order chi connectivity index (χ1) is 13.9. The van der Waals surface area contributed by atoms with Crippen molar-refractivity contribution in [3.63, 3.8) is 0 Å². The fourth-order valence-electron chi connectivity index (χ4n) is 2.43. The first-order valence-corrected chi connectivity index (χ1v) is 9.20. The standard InChI is InChI=1S/C17H29N5O8/c1-8(2)5-10(20-13(24)7-18)16(28)21-9(3-4-12(19)23)15(27)22-11(17(29)30)6-14(25)26/h8-11H,3-7,18H2,1-2H3,(H2,19,23)(H,20,24)(H,21,28)(H,22,27)(H,25,26)(H,29,30). The highest BCUT2D eigenvalue weighted by atomic mass is 16.4. The SMILES string of the molecule is CC(C)CC(NC(=O)CN)C(=O)NC(CCC(N)=O)C(=O)NC(CC(=O)O)C(=O)O. The molecule has 0 aromatic carbocycles. The van der Waals surface area contributed by atoms with Crippen molar-refractivity contribution in [3.05, 3.63) is 0 Å². The van der Waals surface area contributed by atoms with Gasteiger partial charge in [-0.15, -0.1) is 0 Å². The molecule has 170 valence electrons. The van der Waals surface area contributed by atoms with E-state index in [0.29, 0.717) is 0 Å². The zero-order valence-electron chi connectivity index (χ0n) is 16.8. The van der Waals surface area contributed by atoms with Crippen molar-refractivity contribution in [2.75, 3.05) is 6.54 Å². The van der Waals surface area contributed by atoms with Gasteiger partial charge in [0.25, 0.3) is 0 Å². The number of nitrogens with one attached hydrogen (secondary N) is 3. The highest BCUT2D eigenvalue weighted by molar-refractivity contribution is 5.94. The second-order valence-corrected chi connectivity index (χ2v) is 7.02. The molecule has 3 atom stereocenters. The minimum absolute atomic E-state index is 0.0105. The summed E-state index contributed by atoms with van der Waals surface area (Å²) in [5.41, 5.74) is 10.3. The molecule has 13 nitrogen and oxygen atoms in total. The normalized spacial score (nSPS) is 13.6. The van der Waals surface area contributed by atoms with Crippen molar-refractivity contribution in [2.24, 2.45) is 17.4 Å². The predicted octanol–water partition coefficient (Wildman–Crippen LogP) is -2.73. The van der Waals surface area contributed by atoms with Gasteiger partial charge in [-0.25, -0.2) is 4.79 Å². The lowest BCUT2D eigenvalue weighted by molar-refractivity contribution is -0.147. The maximum Gasteiger partial charge on any atom is 0.326 e. The molecule has 0 aromatic heterocycles. The van der Waals surface area contributed by atoms with Crippen LogP contribution in [0.4, 0.5) is 0 Å². The van der Waals surface area contributed by atoms with Gasteiger partial charge in [0.1, 0.15) is 18.1 Å². The Bertz CT molecular complexity index is 667. The van der Waals surface area contributed by atoms with E-state index >= 15 is 0 Å². The van der Waals surface area contributed by atoms with E-state index in [2.05, 4.69) is 10.6 Å². The number of carbonyl (C=O) groups is 6. The van der Waals surface area contributed by atoms with Gasteiger partial charge in [-0.2, -0.15) is 0 Å². The molecule has 0 bridgehead atoms. The average Bonchev–Trinajstić information content (AvgIpc) is 2.62. The molecule has 0 aliphatic rings. The summed E-state index contributed by atoms with van der Waals surface area (Å²) in [6, 6.07) is -4.16. The van der Waals surface area contributed by atoms with Gasteiger partial charge < -0.3 is 37.6 Å². The lowest BCUT2D eigenvalue weighted by atomic mass is 10.0. The Morgan fingerprint density at radius 3 is 1.83 bits per heavy atom. The molecule has 30 heavy (non-hydrogen) atoms. The lowest BCUT2D eigenvalue weighted by Gasteiger charge is -2.24. The van der Waals surface area contributed by atoms with Gasteiger partial charge in [0.05, 0.1) is 13.0 Å². The largest absolute Gasteiger partial charge is 0.481 e. The quantitative estimate of drug-likeness (QED) is 0.151. The molecule has 13 heteroatoms. The van der Waals surface area contributed by atoms with Crippen LogP contribution < -0.4 is 27.4 Å². The second kappa shape index (κ2) is 13.1. The third kappa shape index (κ3) is 10.9. The predicted molar refractivity (Wildman–Crippen MR) is 103 cm³/mol. The van der Waals surface area contributed by atoms with Gasteiger partial charge in [-0.05, 0) is 18.8 Å². The summed E-state index contributed by atoms with van der Waals surface area (Å²) in [5, 5.41) is 24.6. The first kappa shape index (κ1) is 26.8. The van der Waals surface area contributed by atoms with Crippen molar-refractivity contribution >= 4 is 35.6 Å². The Hall–Kier alpha value is -3.22. The molecule has 3 unspecified atom stereocenters. The fourth-order valence-corrected chi connectivity index (χ4v) is 2.43. The molecule has 0 heterocycles. The molecule has 0 aliphatic carbocycles. The summed E-state index contributed by atoms with van der Waals surface area (Å²) in [6.07, 6.45) is -1.23. The Morgan fingerprint density at radius 2 is 1.40 bits per heavy atom.